The zero-order valence-electron chi connectivity index (χ0n) is 12.0. The third kappa shape index (κ3) is 1.62. The molecule has 4 aromatic rings. The Morgan fingerprint density at radius 3 is 2.14 bits per heavy atom. The van der Waals surface area contributed by atoms with Crippen molar-refractivity contribution in [3.05, 3.63) is 76.3 Å². The van der Waals surface area contributed by atoms with Crippen LogP contribution in [0.4, 0.5) is 5.69 Å². The van der Waals surface area contributed by atoms with Gasteiger partial charge < -0.3 is 0 Å². The van der Waals surface area contributed by atoms with Gasteiger partial charge in [0.1, 0.15) is 0 Å². The molecule has 4 aromatic carbocycles. The first-order chi connectivity index (χ1) is 10.7. The van der Waals surface area contributed by atoms with Gasteiger partial charge in [0.2, 0.25) is 0 Å². The fourth-order valence-electron chi connectivity index (χ4n) is 3.33. The highest BCUT2D eigenvalue weighted by Gasteiger charge is 2.21. The maximum atomic E-state index is 11.8. The number of hydrogen-bond acceptors (Lipinski definition) is 2. The first-order valence-corrected chi connectivity index (χ1v) is 7.15. The standard InChI is InChI=1S/C19H13NO2/c1-12-14-7-4-5-9-17(14)19(20(21)22)18-15(12)11-10-13-6-2-3-8-16(13)18/h2-11H,1H3. The first-order valence-electron chi connectivity index (χ1n) is 7.15. The maximum absolute atomic E-state index is 11.8. The lowest BCUT2D eigenvalue weighted by atomic mass is 9.92. The number of non-ortho nitro benzene ring substituents is 1. The van der Waals surface area contributed by atoms with Crippen molar-refractivity contribution in [2.45, 2.75) is 6.92 Å². The lowest BCUT2D eigenvalue weighted by Gasteiger charge is -2.11. The van der Waals surface area contributed by atoms with E-state index in [0.717, 1.165) is 32.5 Å². The third-order valence-corrected chi connectivity index (χ3v) is 4.34. The van der Waals surface area contributed by atoms with Crippen molar-refractivity contribution in [2.75, 3.05) is 0 Å². The molecule has 0 atom stereocenters. The number of hydrogen-bond donors (Lipinski definition) is 0. The number of nitrogens with zero attached hydrogens (tertiary/aromatic N) is 1. The smallest absolute Gasteiger partial charge is 0.258 e. The molecule has 0 heterocycles. The molecule has 0 saturated carbocycles. The molecule has 22 heavy (non-hydrogen) atoms. The van der Waals surface area contributed by atoms with E-state index in [2.05, 4.69) is 0 Å². The molecule has 0 aliphatic carbocycles. The van der Waals surface area contributed by atoms with Gasteiger partial charge in [0.25, 0.3) is 5.69 Å². The average molecular weight is 287 g/mol. The number of nitro benzene ring substituents is 1. The number of benzene rings is 4. The average Bonchev–Trinajstić information content (AvgIpc) is 2.54. The highest BCUT2D eigenvalue weighted by Crippen LogP contribution is 2.40. The Hall–Kier alpha value is -2.94. The van der Waals surface area contributed by atoms with Crippen LogP contribution in [-0.4, -0.2) is 4.92 Å². The molecule has 4 rings (SSSR count). The lowest BCUT2D eigenvalue weighted by molar-refractivity contribution is -0.381. The molecule has 0 fully saturated rings. The van der Waals surface area contributed by atoms with Crippen LogP contribution in [0, 0.1) is 17.0 Å². The molecule has 0 aliphatic heterocycles. The molecular formula is C19H13NO2. The van der Waals surface area contributed by atoms with Crippen molar-refractivity contribution in [3.63, 3.8) is 0 Å². The number of fused-ring (bicyclic) bond motifs is 4. The minimum absolute atomic E-state index is 0.202. The summed E-state index contributed by atoms with van der Waals surface area (Å²) in [6.45, 7) is 2.03. The second-order valence-corrected chi connectivity index (χ2v) is 5.49. The molecule has 0 spiro atoms. The molecule has 3 nitrogen and oxygen atoms in total. The summed E-state index contributed by atoms with van der Waals surface area (Å²) in [7, 11) is 0. The van der Waals surface area contributed by atoms with Crippen molar-refractivity contribution < 1.29 is 4.92 Å². The van der Waals surface area contributed by atoms with Gasteiger partial charge in [-0.15, -0.1) is 0 Å². The minimum atomic E-state index is -0.253. The Labute approximate surface area is 126 Å². The van der Waals surface area contributed by atoms with Crippen LogP contribution in [0.3, 0.4) is 0 Å². The normalized spacial score (nSPS) is 11.3. The van der Waals surface area contributed by atoms with Crippen molar-refractivity contribution in [1.29, 1.82) is 0 Å². The van der Waals surface area contributed by atoms with Crippen LogP contribution < -0.4 is 0 Å². The molecule has 0 unspecified atom stereocenters. The van der Waals surface area contributed by atoms with Crippen molar-refractivity contribution in [1.82, 2.24) is 0 Å². The fraction of sp³-hybridized carbons (Fsp3) is 0.0526. The van der Waals surface area contributed by atoms with Gasteiger partial charge in [-0.05, 0) is 40.1 Å². The van der Waals surface area contributed by atoms with Gasteiger partial charge in [-0.25, -0.2) is 0 Å². The topological polar surface area (TPSA) is 43.1 Å². The van der Waals surface area contributed by atoms with E-state index in [4.69, 9.17) is 0 Å². The molecular weight excluding hydrogens is 274 g/mol. The van der Waals surface area contributed by atoms with Gasteiger partial charge >= 0.3 is 0 Å². The summed E-state index contributed by atoms with van der Waals surface area (Å²) in [6, 6.07) is 19.4. The van der Waals surface area contributed by atoms with Crippen LogP contribution in [0.5, 0.6) is 0 Å². The summed E-state index contributed by atoms with van der Waals surface area (Å²) < 4.78 is 0. The summed E-state index contributed by atoms with van der Waals surface area (Å²) in [5.74, 6) is 0. The Balaban J connectivity index is 2.41. The molecule has 0 bridgehead atoms. The van der Waals surface area contributed by atoms with Gasteiger partial charge in [0.05, 0.1) is 15.7 Å². The summed E-state index contributed by atoms with van der Waals surface area (Å²) in [6.07, 6.45) is 0. The van der Waals surface area contributed by atoms with Crippen molar-refractivity contribution >= 4 is 38.0 Å². The number of aryl methyl sites for hydroxylation is 1. The van der Waals surface area contributed by atoms with E-state index in [-0.39, 0.29) is 10.6 Å². The van der Waals surface area contributed by atoms with E-state index >= 15 is 0 Å². The van der Waals surface area contributed by atoms with E-state index in [1.807, 2.05) is 67.6 Å². The highest BCUT2D eigenvalue weighted by atomic mass is 16.6. The number of nitro groups is 1. The van der Waals surface area contributed by atoms with Crippen LogP contribution >= 0.6 is 0 Å². The van der Waals surface area contributed by atoms with E-state index in [9.17, 15) is 10.1 Å². The predicted molar refractivity (Wildman–Crippen MR) is 90.4 cm³/mol. The third-order valence-electron chi connectivity index (χ3n) is 4.34. The van der Waals surface area contributed by atoms with Crippen LogP contribution in [-0.2, 0) is 0 Å². The van der Waals surface area contributed by atoms with Crippen molar-refractivity contribution in [3.8, 4) is 0 Å². The quantitative estimate of drug-likeness (QED) is 0.204. The first kappa shape index (κ1) is 12.8. The zero-order chi connectivity index (χ0) is 15.3. The van der Waals surface area contributed by atoms with Gasteiger partial charge in [0.15, 0.2) is 0 Å². The fourth-order valence-corrected chi connectivity index (χ4v) is 3.33. The van der Waals surface area contributed by atoms with E-state index in [1.165, 1.54) is 0 Å². The molecule has 0 amide bonds. The summed E-state index contributed by atoms with van der Waals surface area (Å²) in [5, 5.41) is 17.1. The van der Waals surface area contributed by atoms with Crippen LogP contribution in [0.15, 0.2) is 60.7 Å². The SMILES string of the molecule is Cc1c2ccccc2c([N+](=O)[O-])c2c1ccc1ccccc12. The van der Waals surface area contributed by atoms with Gasteiger partial charge in [0, 0.05) is 0 Å². The Kier molecular flexibility index (Phi) is 2.63. The largest absolute Gasteiger partial charge is 0.285 e. The minimum Gasteiger partial charge on any atom is -0.258 e. The van der Waals surface area contributed by atoms with Crippen LogP contribution in [0.2, 0.25) is 0 Å². The zero-order valence-corrected chi connectivity index (χ0v) is 12.0. The Bertz CT molecular complexity index is 1070. The second kappa shape index (κ2) is 4.53. The molecule has 0 aliphatic rings. The maximum Gasteiger partial charge on any atom is 0.285 e. The Morgan fingerprint density at radius 2 is 1.41 bits per heavy atom. The van der Waals surface area contributed by atoms with Gasteiger partial charge in [-0.1, -0.05) is 54.6 Å². The van der Waals surface area contributed by atoms with Crippen LogP contribution in [0.1, 0.15) is 5.56 Å². The van der Waals surface area contributed by atoms with Crippen molar-refractivity contribution in [2.24, 2.45) is 0 Å². The molecule has 0 aromatic heterocycles. The monoisotopic (exact) mass is 287 g/mol. The van der Waals surface area contributed by atoms with Gasteiger partial charge in [-0.3, -0.25) is 10.1 Å². The van der Waals surface area contributed by atoms with E-state index < -0.39 is 0 Å². The van der Waals surface area contributed by atoms with Gasteiger partial charge in [-0.2, -0.15) is 0 Å². The highest BCUT2D eigenvalue weighted by molar-refractivity contribution is 6.20. The second-order valence-electron chi connectivity index (χ2n) is 5.49. The molecule has 3 heteroatoms. The lowest BCUT2D eigenvalue weighted by Crippen LogP contribution is -1.95. The molecule has 106 valence electrons. The summed E-state index contributed by atoms with van der Waals surface area (Å²) in [4.78, 5) is 11.5. The van der Waals surface area contributed by atoms with E-state index in [0.29, 0.717) is 5.39 Å². The summed E-state index contributed by atoms with van der Waals surface area (Å²) >= 11 is 0. The molecule has 0 saturated heterocycles. The molecule has 0 N–H and O–H groups in total. The predicted octanol–water partition coefficient (Wildman–Crippen LogP) is 5.36. The van der Waals surface area contributed by atoms with E-state index in [1.54, 1.807) is 0 Å². The van der Waals surface area contributed by atoms with Crippen LogP contribution in [0.25, 0.3) is 32.3 Å². The number of rotatable bonds is 1. The summed E-state index contributed by atoms with van der Waals surface area (Å²) in [5.41, 5.74) is 1.29. The molecule has 0 radical (unpaired) electrons. The Morgan fingerprint density at radius 1 is 0.773 bits per heavy atom.